The van der Waals surface area contributed by atoms with Gasteiger partial charge in [0.25, 0.3) is 12.3 Å². The second-order valence-corrected chi connectivity index (χ2v) is 10.7. The molecule has 8 nitrogen and oxygen atoms in total. The summed E-state index contributed by atoms with van der Waals surface area (Å²) in [4.78, 5) is 17.6. The quantitative estimate of drug-likeness (QED) is 0.422. The minimum atomic E-state index is -2.78. The number of halogens is 4. The highest BCUT2D eigenvalue weighted by Crippen LogP contribution is 2.35. The molecule has 0 unspecified atom stereocenters. The minimum Gasteiger partial charge on any atom is -0.378 e. The van der Waals surface area contributed by atoms with Gasteiger partial charge in [-0.05, 0) is 43.7 Å². The molecule has 0 amide bonds. The Morgan fingerprint density at radius 3 is 2.44 bits per heavy atom. The first-order valence-corrected chi connectivity index (χ1v) is 13.7. The Kier molecular flexibility index (Phi) is 7.32. The average molecular weight is 548 g/mol. The summed E-state index contributed by atoms with van der Waals surface area (Å²) in [5.41, 5.74) is 1.03. The fourth-order valence-electron chi connectivity index (χ4n) is 6.03. The molecule has 1 saturated carbocycles. The number of benzene rings is 1. The van der Waals surface area contributed by atoms with Gasteiger partial charge in [0.2, 0.25) is 5.95 Å². The van der Waals surface area contributed by atoms with Crippen molar-refractivity contribution in [2.24, 2.45) is 5.92 Å². The highest BCUT2D eigenvalue weighted by atomic mass is 19.3. The van der Waals surface area contributed by atoms with Crippen LogP contribution in [0.2, 0.25) is 0 Å². The lowest BCUT2D eigenvalue weighted by molar-refractivity contribution is 0.00463. The lowest BCUT2D eigenvalue weighted by atomic mass is 9.85. The molecule has 0 spiro atoms. The van der Waals surface area contributed by atoms with Gasteiger partial charge in [-0.3, -0.25) is 9.47 Å². The van der Waals surface area contributed by atoms with Gasteiger partial charge in [0, 0.05) is 44.7 Å². The second kappa shape index (κ2) is 10.9. The van der Waals surface area contributed by atoms with Gasteiger partial charge >= 0.3 is 0 Å². The number of likely N-dealkylation sites (tertiary alicyclic amines) is 1. The Hall–Kier alpha value is -2.99. The number of nitrogens with one attached hydrogen (secondary N) is 1. The van der Waals surface area contributed by atoms with E-state index in [-0.39, 0.29) is 24.8 Å². The summed E-state index contributed by atoms with van der Waals surface area (Å²) in [6, 6.07) is 8.97. The van der Waals surface area contributed by atoms with Crippen molar-refractivity contribution in [3.63, 3.8) is 0 Å². The van der Waals surface area contributed by atoms with E-state index in [9.17, 15) is 17.6 Å². The maximum Gasteiger partial charge on any atom is 0.296 e. The molecular formula is C27H33F4N7O. The van der Waals surface area contributed by atoms with E-state index in [1.807, 2.05) is 4.90 Å². The highest BCUT2D eigenvalue weighted by Gasteiger charge is 2.41. The zero-order chi connectivity index (χ0) is 27.0. The fraction of sp³-hybridized carbons (Fsp3) is 0.593. The zero-order valence-corrected chi connectivity index (χ0v) is 21.7. The summed E-state index contributed by atoms with van der Waals surface area (Å²) in [5, 5.41) is 3.36. The van der Waals surface area contributed by atoms with Gasteiger partial charge in [0.1, 0.15) is 11.6 Å². The van der Waals surface area contributed by atoms with Crippen LogP contribution in [0.15, 0.2) is 30.3 Å². The number of anilines is 2. The van der Waals surface area contributed by atoms with Crippen LogP contribution in [0.3, 0.4) is 0 Å². The lowest BCUT2D eigenvalue weighted by Gasteiger charge is -2.34. The summed E-state index contributed by atoms with van der Waals surface area (Å²) >= 11 is 0. The van der Waals surface area contributed by atoms with E-state index in [1.165, 1.54) is 4.57 Å². The molecule has 6 rings (SSSR count). The molecule has 3 aromatic rings. The van der Waals surface area contributed by atoms with E-state index in [2.05, 4.69) is 20.2 Å². The number of ether oxygens (including phenoxy) is 1. The molecule has 39 heavy (non-hydrogen) atoms. The zero-order valence-electron chi connectivity index (χ0n) is 21.7. The number of alkyl halides is 4. The first-order valence-electron chi connectivity index (χ1n) is 13.7. The van der Waals surface area contributed by atoms with Crippen molar-refractivity contribution in [1.29, 1.82) is 0 Å². The molecule has 2 aromatic heterocycles. The average Bonchev–Trinajstić information content (AvgIpc) is 3.53. The summed E-state index contributed by atoms with van der Waals surface area (Å²) in [5.74, 6) is -1.23. The molecule has 1 aliphatic carbocycles. The van der Waals surface area contributed by atoms with Crippen molar-refractivity contribution < 1.29 is 22.3 Å². The summed E-state index contributed by atoms with van der Waals surface area (Å²) in [7, 11) is 0. The molecule has 12 heteroatoms. The molecule has 210 valence electrons. The fourth-order valence-corrected chi connectivity index (χ4v) is 6.03. The minimum absolute atomic E-state index is 0.0485. The van der Waals surface area contributed by atoms with E-state index < -0.39 is 12.3 Å². The molecule has 1 N–H and O–H groups in total. The number of imidazole rings is 1. The Balaban J connectivity index is 1.22. The monoisotopic (exact) mass is 547 g/mol. The van der Waals surface area contributed by atoms with Crippen molar-refractivity contribution in [3.8, 4) is 5.82 Å². The van der Waals surface area contributed by atoms with Crippen LogP contribution in [0.1, 0.15) is 44.4 Å². The van der Waals surface area contributed by atoms with E-state index >= 15 is 0 Å². The predicted octanol–water partition coefficient (Wildman–Crippen LogP) is 4.90. The van der Waals surface area contributed by atoms with Crippen molar-refractivity contribution >= 4 is 22.8 Å². The number of nitrogens with zero attached hydrogens (tertiary/aromatic N) is 6. The van der Waals surface area contributed by atoms with Crippen LogP contribution in [0.5, 0.6) is 0 Å². The summed E-state index contributed by atoms with van der Waals surface area (Å²) < 4.78 is 62.4. The second-order valence-electron chi connectivity index (χ2n) is 10.7. The smallest absolute Gasteiger partial charge is 0.296 e. The molecule has 1 aromatic carbocycles. The number of rotatable bonds is 7. The van der Waals surface area contributed by atoms with Crippen LogP contribution in [0, 0.1) is 5.92 Å². The largest absolute Gasteiger partial charge is 0.378 e. The first-order chi connectivity index (χ1) is 18.9. The molecule has 0 radical (unpaired) electrons. The summed E-state index contributed by atoms with van der Waals surface area (Å²) in [6.45, 7) is 3.37. The standard InChI is InChI=1S/C27H33F4N7O/c28-24(29)25-33-20-3-1-2-4-21(20)38(25)23-15-22(36-11-13-39-14-12-36)34-26(35-23)32-16-18-5-7-19(8-6-18)37-10-9-27(30,31)17-37/h1-4,15,18-19,24H,5-14,16-17H2,(H,32,34,35)/t18-,19-. The molecule has 0 atom stereocenters. The van der Waals surface area contributed by atoms with Crippen LogP contribution in [-0.2, 0) is 4.74 Å². The Morgan fingerprint density at radius 2 is 1.72 bits per heavy atom. The maximum absolute atomic E-state index is 14.1. The van der Waals surface area contributed by atoms with Crippen LogP contribution < -0.4 is 10.2 Å². The van der Waals surface area contributed by atoms with Crippen LogP contribution in [0.4, 0.5) is 29.3 Å². The first kappa shape index (κ1) is 26.2. The van der Waals surface area contributed by atoms with Gasteiger partial charge in [-0.15, -0.1) is 0 Å². The predicted molar refractivity (Wildman–Crippen MR) is 140 cm³/mol. The number of hydrogen-bond acceptors (Lipinski definition) is 7. The van der Waals surface area contributed by atoms with E-state index in [0.29, 0.717) is 73.9 Å². The van der Waals surface area contributed by atoms with Crippen LogP contribution in [0.25, 0.3) is 16.9 Å². The maximum atomic E-state index is 14.1. The van der Waals surface area contributed by atoms with E-state index in [1.54, 1.807) is 30.3 Å². The third-order valence-corrected chi connectivity index (χ3v) is 8.13. The third kappa shape index (κ3) is 5.67. The van der Waals surface area contributed by atoms with Crippen molar-refractivity contribution in [1.82, 2.24) is 24.4 Å². The molecular weight excluding hydrogens is 514 g/mol. The highest BCUT2D eigenvalue weighted by molar-refractivity contribution is 5.78. The van der Waals surface area contributed by atoms with Crippen LogP contribution in [-0.4, -0.2) is 82.3 Å². The third-order valence-electron chi connectivity index (χ3n) is 8.13. The van der Waals surface area contributed by atoms with Gasteiger partial charge in [0.05, 0.1) is 30.8 Å². The SMILES string of the molecule is FC(F)c1nc2ccccc2n1-c1cc(N2CCOCC2)nc(NC[C@H]2CC[C@H](N3CCC(F)(F)C3)CC2)n1. The number of fused-ring (bicyclic) bond motifs is 1. The number of morpholine rings is 1. The lowest BCUT2D eigenvalue weighted by Crippen LogP contribution is -2.39. The normalized spacial score (nSPS) is 24.1. The topological polar surface area (TPSA) is 71.3 Å². The van der Waals surface area contributed by atoms with E-state index in [0.717, 1.165) is 25.7 Å². The van der Waals surface area contributed by atoms with Crippen molar-refractivity contribution in [2.75, 3.05) is 56.2 Å². The van der Waals surface area contributed by atoms with Gasteiger partial charge in [-0.2, -0.15) is 9.97 Å². The Morgan fingerprint density at radius 1 is 0.974 bits per heavy atom. The van der Waals surface area contributed by atoms with Crippen molar-refractivity contribution in [3.05, 3.63) is 36.2 Å². The molecule has 3 aliphatic rings. The van der Waals surface area contributed by atoms with Gasteiger partial charge in [-0.1, -0.05) is 12.1 Å². The molecule has 0 bridgehead atoms. The van der Waals surface area contributed by atoms with Crippen molar-refractivity contribution in [2.45, 2.75) is 50.5 Å². The molecule has 4 heterocycles. The van der Waals surface area contributed by atoms with Gasteiger partial charge in [-0.25, -0.2) is 22.5 Å². The van der Waals surface area contributed by atoms with Gasteiger partial charge < -0.3 is 15.0 Å². The number of para-hydroxylation sites is 2. The summed E-state index contributed by atoms with van der Waals surface area (Å²) in [6.07, 6.45) is 0.811. The molecule has 2 saturated heterocycles. The molecule has 3 fully saturated rings. The number of hydrogen-bond donors (Lipinski definition) is 1. The molecule has 2 aliphatic heterocycles. The van der Waals surface area contributed by atoms with E-state index in [4.69, 9.17) is 9.72 Å². The van der Waals surface area contributed by atoms with Crippen LogP contribution >= 0.6 is 0 Å². The number of aromatic nitrogens is 4. The Labute approximate surface area is 224 Å². The van der Waals surface area contributed by atoms with Gasteiger partial charge in [0.15, 0.2) is 5.82 Å². The Bertz CT molecular complexity index is 1290.